The van der Waals surface area contributed by atoms with Crippen LogP contribution in [0.3, 0.4) is 0 Å². The summed E-state index contributed by atoms with van der Waals surface area (Å²) in [6.07, 6.45) is 0. The van der Waals surface area contributed by atoms with E-state index < -0.39 is 10.0 Å². The topological polar surface area (TPSA) is 95.2 Å². The fraction of sp³-hybridized carbons (Fsp3) is 0.385. The molecule has 22 heavy (non-hydrogen) atoms. The van der Waals surface area contributed by atoms with E-state index in [9.17, 15) is 13.2 Å². The summed E-state index contributed by atoms with van der Waals surface area (Å²) in [6, 6.07) is 4.51. The van der Waals surface area contributed by atoms with Gasteiger partial charge in [-0.1, -0.05) is 0 Å². The van der Waals surface area contributed by atoms with Crippen molar-refractivity contribution in [2.45, 2.75) is 11.8 Å². The summed E-state index contributed by atoms with van der Waals surface area (Å²) in [5, 5.41) is 6.26. The molecule has 7 nitrogen and oxygen atoms in total. The Kier molecular flexibility index (Phi) is 5.12. The van der Waals surface area contributed by atoms with Gasteiger partial charge in [-0.2, -0.15) is 5.10 Å². The molecule has 2 heterocycles. The first-order valence-corrected chi connectivity index (χ1v) is 8.90. The molecule has 2 aromatic heterocycles. The van der Waals surface area contributed by atoms with E-state index in [0.717, 1.165) is 0 Å². The lowest BCUT2D eigenvalue weighted by molar-refractivity contribution is 0.412. The first-order chi connectivity index (χ1) is 10.3. The number of nitrogens with one attached hydrogen (secondary N) is 2. The number of aromatic nitrogens is 2. The van der Waals surface area contributed by atoms with Crippen molar-refractivity contribution in [3.05, 3.63) is 33.4 Å². The number of thiophene rings is 1. The minimum absolute atomic E-state index is 0.249. The Labute approximate surface area is 133 Å². The fourth-order valence-electron chi connectivity index (χ4n) is 1.82. The second-order valence-electron chi connectivity index (χ2n) is 5.04. The smallest absolute Gasteiger partial charge is 0.264 e. The zero-order valence-corrected chi connectivity index (χ0v) is 14.2. The molecule has 0 amide bonds. The van der Waals surface area contributed by atoms with E-state index in [2.05, 4.69) is 14.9 Å². The van der Waals surface area contributed by atoms with Crippen LogP contribution in [0, 0.1) is 6.92 Å². The molecule has 0 aromatic carbocycles. The molecule has 0 aliphatic heterocycles. The summed E-state index contributed by atoms with van der Waals surface area (Å²) in [5.74, 6) is 0. The summed E-state index contributed by atoms with van der Waals surface area (Å²) < 4.78 is 27.2. The molecule has 0 saturated carbocycles. The maximum Gasteiger partial charge on any atom is 0.264 e. The molecule has 0 aliphatic rings. The maximum absolute atomic E-state index is 12.3. The molecule has 2 aromatic rings. The van der Waals surface area contributed by atoms with Crippen LogP contribution >= 0.6 is 11.3 Å². The number of H-pyrrole nitrogens is 1. The largest absolute Gasteiger partial charge is 0.308 e. The van der Waals surface area contributed by atoms with Gasteiger partial charge in [0, 0.05) is 24.0 Å². The summed E-state index contributed by atoms with van der Waals surface area (Å²) in [7, 11) is 0.210. The highest BCUT2D eigenvalue weighted by atomic mass is 32.2. The maximum atomic E-state index is 12.3. The molecule has 2 rings (SSSR count). The quantitative estimate of drug-likeness (QED) is 0.803. The van der Waals surface area contributed by atoms with E-state index in [1.807, 2.05) is 19.0 Å². The van der Waals surface area contributed by atoms with E-state index in [1.54, 1.807) is 19.1 Å². The predicted molar refractivity (Wildman–Crippen MR) is 86.7 cm³/mol. The third-order valence-electron chi connectivity index (χ3n) is 2.94. The molecule has 0 atom stereocenters. The van der Waals surface area contributed by atoms with Crippen molar-refractivity contribution in [2.75, 3.05) is 27.2 Å². The van der Waals surface area contributed by atoms with Gasteiger partial charge in [0.15, 0.2) is 0 Å². The molecule has 0 spiro atoms. The highest BCUT2D eigenvalue weighted by Gasteiger charge is 2.20. The van der Waals surface area contributed by atoms with Gasteiger partial charge in [-0.15, -0.1) is 11.3 Å². The summed E-state index contributed by atoms with van der Waals surface area (Å²) in [4.78, 5) is 14.6. The van der Waals surface area contributed by atoms with Gasteiger partial charge in [0.1, 0.15) is 5.69 Å². The molecule has 0 aliphatic carbocycles. The third kappa shape index (κ3) is 4.01. The average molecular weight is 342 g/mol. The van der Waals surface area contributed by atoms with Crippen molar-refractivity contribution in [3.63, 3.8) is 0 Å². The molecule has 0 bridgehead atoms. The van der Waals surface area contributed by atoms with Crippen molar-refractivity contribution in [3.8, 4) is 10.6 Å². The number of aryl methyl sites for hydroxylation is 1. The van der Waals surface area contributed by atoms with Gasteiger partial charge in [-0.05, 0) is 33.2 Å². The predicted octanol–water partition coefficient (Wildman–Crippen LogP) is 0.647. The second kappa shape index (κ2) is 6.69. The van der Waals surface area contributed by atoms with Crippen LogP contribution in [0.1, 0.15) is 4.88 Å². The second-order valence-corrected chi connectivity index (χ2v) is 8.03. The molecular formula is C13H18N4O3S2. The summed E-state index contributed by atoms with van der Waals surface area (Å²) in [5.41, 5.74) is 0.248. The van der Waals surface area contributed by atoms with Gasteiger partial charge >= 0.3 is 0 Å². The summed E-state index contributed by atoms with van der Waals surface area (Å²) >= 11 is 1.33. The molecule has 0 saturated heterocycles. The van der Waals surface area contributed by atoms with Gasteiger partial charge in [-0.3, -0.25) is 4.79 Å². The normalized spacial score (nSPS) is 12.0. The highest BCUT2D eigenvalue weighted by Crippen LogP contribution is 2.31. The molecule has 9 heteroatoms. The summed E-state index contributed by atoms with van der Waals surface area (Å²) in [6.45, 7) is 2.72. The van der Waals surface area contributed by atoms with E-state index in [4.69, 9.17) is 0 Å². The number of likely N-dealkylation sites (N-methyl/N-ethyl adjacent to an activating group) is 1. The molecule has 0 unspecified atom stereocenters. The van der Waals surface area contributed by atoms with Gasteiger partial charge in [0.05, 0.1) is 9.77 Å². The van der Waals surface area contributed by atoms with Crippen LogP contribution in [-0.2, 0) is 10.0 Å². The first kappa shape index (κ1) is 16.8. The zero-order valence-electron chi connectivity index (χ0n) is 12.6. The molecule has 120 valence electrons. The van der Waals surface area contributed by atoms with Crippen molar-refractivity contribution in [1.82, 2.24) is 19.8 Å². The zero-order chi connectivity index (χ0) is 16.3. The first-order valence-electron chi connectivity index (χ1n) is 6.60. The molecule has 2 N–H and O–H groups in total. The van der Waals surface area contributed by atoms with Crippen molar-refractivity contribution in [2.24, 2.45) is 0 Å². The van der Waals surface area contributed by atoms with Crippen molar-refractivity contribution >= 4 is 21.4 Å². The van der Waals surface area contributed by atoms with Crippen LogP contribution in [0.5, 0.6) is 0 Å². The lowest BCUT2D eigenvalue weighted by Gasteiger charge is -2.10. The lowest BCUT2D eigenvalue weighted by Crippen LogP contribution is -2.31. The Bertz CT molecular complexity index is 788. The minimum atomic E-state index is -3.55. The van der Waals surface area contributed by atoms with Gasteiger partial charge < -0.3 is 4.90 Å². The lowest BCUT2D eigenvalue weighted by atomic mass is 10.3. The molecule has 0 radical (unpaired) electrons. The number of aromatic amines is 1. The number of hydrogen-bond donors (Lipinski definition) is 2. The Morgan fingerprint density at radius 2 is 2.09 bits per heavy atom. The van der Waals surface area contributed by atoms with E-state index in [-0.39, 0.29) is 10.5 Å². The number of nitrogens with zero attached hydrogens (tertiary/aromatic N) is 2. The number of hydrogen-bond acceptors (Lipinski definition) is 6. The van der Waals surface area contributed by atoms with Gasteiger partial charge in [-0.25, -0.2) is 18.2 Å². The van der Waals surface area contributed by atoms with Gasteiger partial charge in [0.25, 0.3) is 5.56 Å². The SMILES string of the molecule is Cc1sc(-c2ccc(=O)[nH]n2)cc1S(=O)(=O)NCCN(C)C. The van der Waals surface area contributed by atoms with E-state index >= 15 is 0 Å². The van der Waals surface area contributed by atoms with E-state index in [1.165, 1.54) is 17.4 Å². The Hall–Kier alpha value is -1.55. The fourth-order valence-corrected chi connectivity index (χ4v) is 4.40. The van der Waals surface area contributed by atoms with Crippen LogP contribution in [0.25, 0.3) is 10.6 Å². The molecule has 0 fully saturated rings. The van der Waals surface area contributed by atoms with Crippen LogP contribution < -0.4 is 10.3 Å². The Morgan fingerprint density at radius 1 is 1.36 bits per heavy atom. The van der Waals surface area contributed by atoms with Crippen molar-refractivity contribution in [1.29, 1.82) is 0 Å². The average Bonchev–Trinajstić information content (AvgIpc) is 2.82. The Morgan fingerprint density at radius 3 is 2.68 bits per heavy atom. The standard InChI is InChI=1S/C13H18N4O3S2/c1-9-12(22(19,20)14-6-7-17(2)3)8-11(21-9)10-4-5-13(18)16-15-10/h4-5,8,14H,6-7H2,1-3H3,(H,16,18). The third-order valence-corrected chi connectivity index (χ3v) is 5.73. The van der Waals surface area contributed by atoms with Crippen LogP contribution in [0.4, 0.5) is 0 Å². The molecular weight excluding hydrogens is 324 g/mol. The van der Waals surface area contributed by atoms with E-state index in [0.29, 0.717) is 28.5 Å². The minimum Gasteiger partial charge on any atom is -0.308 e. The van der Waals surface area contributed by atoms with Crippen LogP contribution in [0.2, 0.25) is 0 Å². The highest BCUT2D eigenvalue weighted by molar-refractivity contribution is 7.89. The van der Waals surface area contributed by atoms with Crippen LogP contribution in [0.15, 0.2) is 27.9 Å². The van der Waals surface area contributed by atoms with Crippen LogP contribution in [-0.4, -0.2) is 50.7 Å². The number of sulfonamides is 1. The monoisotopic (exact) mass is 342 g/mol. The Balaban J connectivity index is 2.25. The number of rotatable bonds is 6. The van der Waals surface area contributed by atoms with Gasteiger partial charge in [0.2, 0.25) is 10.0 Å². The van der Waals surface area contributed by atoms with Crippen molar-refractivity contribution < 1.29 is 8.42 Å².